The largest absolute Gasteiger partial charge is 0.494 e. The summed E-state index contributed by atoms with van der Waals surface area (Å²) in [5, 5.41) is 3.83. The SMILES string of the molecule is CCOc1ccc(-c2c(N)noc2-c2ccc(Br)o2)cc1. The molecule has 1 aromatic carbocycles. The van der Waals surface area contributed by atoms with E-state index in [9.17, 15) is 0 Å². The molecular weight excluding hydrogens is 336 g/mol. The fraction of sp³-hybridized carbons (Fsp3) is 0.133. The van der Waals surface area contributed by atoms with Crippen LogP contribution in [0.1, 0.15) is 6.92 Å². The molecule has 0 radical (unpaired) electrons. The summed E-state index contributed by atoms with van der Waals surface area (Å²) in [6.07, 6.45) is 0. The highest BCUT2D eigenvalue weighted by Gasteiger charge is 2.20. The van der Waals surface area contributed by atoms with Gasteiger partial charge in [0.05, 0.1) is 12.2 Å². The van der Waals surface area contributed by atoms with Crippen molar-refractivity contribution in [2.75, 3.05) is 12.3 Å². The van der Waals surface area contributed by atoms with E-state index in [0.717, 1.165) is 11.3 Å². The number of aromatic nitrogens is 1. The van der Waals surface area contributed by atoms with Crippen LogP contribution in [-0.4, -0.2) is 11.8 Å². The Bertz CT molecular complexity index is 747. The van der Waals surface area contributed by atoms with Gasteiger partial charge in [0.1, 0.15) is 5.75 Å². The first-order valence-electron chi connectivity index (χ1n) is 6.43. The summed E-state index contributed by atoms with van der Waals surface area (Å²) in [4.78, 5) is 0. The maximum atomic E-state index is 5.92. The van der Waals surface area contributed by atoms with Crippen LogP contribution < -0.4 is 10.5 Å². The van der Waals surface area contributed by atoms with Crippen molar-refractivity contribution in [1.82, 2.24) is 5.16 Å². The van der Waals surface area contributed by atoms with Crippen LogP contribution in [0.15, 0.2) is 50.0 Å². The van der Waals surface area contributed by atoms with Gasteiger partial charge in [-0.05, 0) is 52.7 Å². The summed E-state index contributed by atoms with van der Waals surface area (Å²) in [5.41, 5.74) is 7.52. The van der Waals surface area contributed by atoms with Crippen LogP contribution in [0.3, 0.4) is 0 Å². The van der Waals surface area contributed by atoms with Gasteiger partial charge in [0.25, 0.3) is 0 Å². The van der Waals surface area contributed by atoms with Crippen molar-refractivity contribution in [3.05, 3.63) is 41.1 Å². The van der Waals surface area contributed by atoms with Gasteiger partial charge in [0.2, 0.25) is 5.76 Å². The van der Waals surface area contributed by atoms with Crippen LogP contribution in [0.2, 0.25) is 0 Å². The van der Waals surface area contributed by atoms with E-state index in [1.54, 1.807) is 12.1 Å². The van der Waals surface area contributed by atoms with Gasteiger partial charge in [-0.2, -0.15) is 0 Å². The minimum atomic E-state index is 0.321. The Morgan fingerprint density at radius 2 is 1.95 bits per heavy atom. The van der Waals surface area contributed by atoms with Crippen LogP contribution in [0, 0.1) is 0 Å². The first-order valence-corrected chi connectivity index (χ1v) is 7.22. The Kier molecular flexibility index (Phi) is 3.70. The molecule has 0 atom stereocenters. The van der Waals surface area contributed by atoms with Crippen LogP contribution in [0.5, 0.6) is 5.75 Å². The fourth-order valence-corrected chi connectivity index (χ4v) is 2.38. The quantitative estimate of drug-likeness (QED) is 0.758. The first-order chi connectivity index (χ1) is 10.2. The van der Waals surface area contributed by atoms with Crippen LogP contribution in [0.4, 0.5) is 5.82 Å². The lowest BCUT2D eigenvalue weighted by atomic mass is 10.0. The summed E-state index contributed by atoms with van der Waals surface area (Å²) in [5.74, 6) is 2.19. The molecule has 0 saturated heterocycles. The van der Waals surface area contributed by atoms with Crippen molar-refractivity contribution >= 4 is 21.7 Å². The molecule has 5 nitrogen and oxygen atoms in total. The van der Waals surface area contributed by atoms with Crippen molar-refractivity contribution < 1.29 is 13.7 Å². The highest BCUT2D eigenvalue weighted by molar-refractivity contribution is 9.10. The summed E-state index contributed by atoms with van der Waals surface area (Å²) in [7, 11) is 0. The van der Waals surface area contributed by atoms with Gasteiger partial charge in [-0.15, -0.1) is 0 Å². The maximum absolute atomic E-state index is 5.92. The number of furan rings is 1. The van der Waals surface area contributed by atoms with E-state index in [4.69, 9.17) is 19.4 Å². The zero-order chi connectivity index (χ0) is 14.8. The lowest BCUT2D eigenvalue weighted by molar-refractivity contribution is 0.340. The number of hydrogen-bond donors (Lipinski definition) is 1. The number of nitrogens with two attached hydrogens (primary N) is 1. The Hall–Kier alpha value is -2.21. The zero-order valence-electron chi connectivity index (χ0n) is 11.3. The molecule has 3 rings (SSSR count). The molecule has 2 heterocycles. The number of halogens is 1. The molecule has 2 N–H and O–H groups in total. The number of benzene rings is 1. The number of rotatable bonds is 4. The first kappa shape index (κ1) is 13.8. The minimum Gasteiger partial charge on any atom is -0.494 e. The zero-order valence-corrected chi connectivity index (χ0v) is 12.9. The molecule has 0 amide bonds. The van der Waals surface area contributed by atoms with Crippen molar-refractivity contribution in [3.63, 3.8) is 0 Å². The molecule has 0 saturated carbocycles. The Morgan fingerprint density at radius 3 is 2.57 bits per heavy atom. The van der Waals surface area contributed by atoms with E-state index in [1.165, 1.54) is 0 Å². The van der Waals surface area contributed by atoms with Crippen LogP contribution in [-0.2, 0) is 0 Å². The molecule has 0 fully saturated rings. The lowest BCUT2D eigenvalue weighted by Gasteiger charge is -2.05. The van der Waals surface area contributed by atoms with Gasteiger partial charge < -0.3 is 19.4 Å². The third kappa shape index (κ3) is 2.67. The Labute approximate surface area is 129 Å². The van der Waals surface area contributed by atoms with Gasteiger partial charge in [-0.1, -0.05) is 17.3 Å². The fourth-order valence-electron chi connectivity index (χ4n) is 2.07. The van der Waals surface area contributed by atoms with Gasteiger partial charge in [0, 0.05) is 0 Å². The van der Waals surface area contributed by atoms with Gasteiger partial charge in [-0.25, -0.2) is 0 Å². The molecule has 0 unspecified atom stereocenters. The second-order valence-electron chi connectivity index (χ2n) is 4.33. The maximum Gasteiger partial charge on any atom is 0.212 e. The van der Waals surface area contributed by atoms with Crippen molar-refractivity contribution in [2.45, 2.75) is 6.92 Å². The van der Waals surface area contributed by atoms with E-state index in [0.29, 0.717) is 34.2 Å². The summed E-state index contributed by atoms with van der Waals surface area (Å²) in [6.45, 7) is 2.57. The predicted molar refractivity (Wildman–Crippen MR) is 82.9 cm³/mol. The molecule has 0 bridgehead atoms. The molecule has 6 heteroatoms. The van der Waals surface area contributed by atoms with E-state index in [2.05, 4.69) is 21.1 Å². The Morgan fingerprint density at radius 1 is 1.19 bits per heavy atom. The van der Waals surface area contributed by atoms with Crippen LogP contribution >= 0.6 is 15.9 Å². The van der Waals surface area contributed by atoms with Gasteiger partial charge in [-0.3, -0.25) is 0 Å². The standard InChI is InChI=1S/C15H13BrN2O3/c1-2-19-10-5-3-9(4-6-10)13-14(21-18-15(13)17)11-7-8-12(16)20-11/h3-8H,2H2,1H3,(H2,17,18). The highest BCUT2D eigenvalue weighted by Crippen LogP contribution is 2.38. The number of nitrogens with zero attached hydrogens (tertiary/aromatic N) is 1. The average Bonchev–Trinajstić information content (AvgIpc) is 3.06. The summed E-state index contributed by atoms with van der Waals surface area (Å²) >= 11 is 3.27. The van der Waals surface area contributed by atoms with E-state index < -0.39 is 0 Å². The number of anilines is 1. The van der Waals surface area contributed by atoms with Crippen molar-refractivity contribution in [3.8, 4) is 28.4 Å². The van der Waals surface area contributed by atoms with E-state index >= 15 is 0 Å². The highest BCUT2D eigenvalue weighted by atomic mass is 79.9. The second-order valence-corrected chi connectivity index (χ2v) is 5.11. The molecule has 2 aromatic heterocycles. The molecule has 3 aromatic rings. The smallest absolute Gasteiger partial charge is 0.212 e. The van der Waals surface area contributed by atoms with Gasteiger partial charge >= 0.3 is 0 Å². The van der Waals surface area contributed by atoms with Crippen molar-refractivity contribution in [2.24, 2.45) is 0 Å². The van der Waals surface area contributed by atoms with Crippen molar-refractivity contribution in [1.29, 1.82) is 0 Å². The lowest BCUT2D eigenvalue weighted by Crippen LogP contribution is -1.92. The number of nitrogen functional groups attached to an aromatic ring is 1. The van der Waals surface area contributed by atoms with E-state index in [1.807, 2.05) is 31.2 Å². The monoisotopic (exact) mass is 348 g/mol. The summed E-state index contributed by atoms with van der Waals surface area (Å²) < 4.78 is 16.9. The molecule has 0 aliphatic carbocycles. The molecule has 0 spiro atoms. The predicted octanol–water partition coefficient (Wildman–Crippen LogP) is 4.35. The average molecular weight is 349 g/mol. The minimum absolute atomic E-state index is 0.321. The topological polar surface area (TPSA) is 74.4 Å². The van der Waals surface area contributed by atoms with E-state index in [-0.39, 0.29) is 0 Å². The van der Waals surface area contributed by atoms with Gasteiger partial charge in [0.15, 0.2) is 16.2 Å². The normalized spacial score (nSPS) is 10.8. The molecular formula is C15H13BrN2O3. The molecule has 108 valence electrons. The Balaban J connectivity index is 2.04. The number of hydrogen-bond acceptors (Lipinski definition) is 5. The summed E-state index contributed by atoms with van der Waals surface area (Å²) in [6, 6.07) is 11.2. The molecule has 0 aliphatic heterocycles. The number of ether oxygens (including phenoxy) is 1. The molecule has 21 heavy (non-hydrogen) atoms. The third-order valence-corrected chi connectivity index (χ3v) is 3.40. The van der Waals surface area contributed by atoms with Crippen LogP contribution in [0.25, 0.3) is 22.6 Å². The second kappa shape index (κ2) is 5.65. The molecule has 0 aliphatic rings. The third-order valence-electron chi connectivity index (χ3n) is 2.97.